The summed E-state index contributed by atoms with van der Waals surface area (Å²) in [7, 11) is 8.56. The Morgan fingerprint density at radius 3 is 1.05 bits per heavy atom. The number of aromatic carboxylic acids is 2. The lowest BCUT2D eigenvalue weighted by Gasteiger charge is -2.04. The molecule has 1 aromatic carbocycles. The molecule has 0 spiro atoms. The Balaban J connectivity index is 0. The normalized spacial score (nSPS) is 9.45. The molecular weight excluding hydrogens is 284 g/mol. The summed E-state index contributed by atoms with van der Waals surface area (Å²) >= 11 is 0. The largest absolute Gasteiger partial charge is 0.545 e. The van der Waals surface area contributed by atoms with Gasteiger partial charge in [-0.1, -0.05) is 24.3 Å². The van der Waals surface area contributed by atoms with Crippen LogP contribution in [0, 0.1) is 0 Å². The van der Waals surface area contributed by atoms with E-state index in [0.29, 0.717) is 0 Å². The van der Waals surface area contributed by atoms with E-state index in [2.05, 4.69) is 42.0 Å². The molecule has 0 fully saturated rings. The Hall–Kier alpha value is -1.92. The molecule has 0 aliphatic heterocycles. The first-order chi connectivity index (χ1) is 10.1. The van der Waals surface area contributed by atoms with Gasteiger partial charge in [0.05, 0.1) is 53.2 Å². The van der Waals surface area contributed by atoms with Crippen molar-refractivity contribution in [2.45, 2.75) is 13.8 Å². The van der Waals surface area contributed by atoms with Gasteiger partial charge in [-0.25, -0.2) is 0 Å². The maximum atomic E-state index is 10.2. The molecule has 0 unspecified atom stereocenters. The number of hydrogen-bond donors (Lipinski definition) is 2. The Kier molecular flexibility index (Phi) is 13.0. The summed E-state index contributed by atoms with van der Waals surface area (Å²) in [5.41, 5.74) is -0.111. The number of rotatable bonds is 4. The van der Waals surface area contributed by atoms with Crippen LogP contribution in [0.2, 0.25) is 0 Å². The third-order valence-electron chi connectivity index (χ3n) is 2.77. The third-order valence-corrected chi connectivity index (χ3v) is 2.77. The van der Waals surface area contributed by atoms with E-state index in [-0.39, 0.29) is 11.1 Å². The lowest BCUT2D eigenvalue weighted by molar-refractivity contribution is -0.856. The van der Waals surface area contributed by atoms with Crippen molar-refractivity contribution in [1.82, 2.24) is 0 Å². The summed E-state index contributed by atoms with van der Waals surface area (Å²) < 4.78 is 0. The van der Waals surface area contributed by atoms with Gasteiger partial charge < -0.3 is 29.6 Å². The van der Waals surface area contributed by atoms with Gasteiger partial charge in [0.15, 0.2) is 0 Å². The summed E-state index contributed by atoms with van der Waals surface area (Å²) in [6.45, 7) is 6.77. The van der Waals surface area contributed by atoms with Crippen molar-refractivity contribution in [2.24, 2.45) is 0 Å². The van der Waals surface area contributed by atoms with Crippen LogP contribution in [-0.4, -0.2) is 53.2 Å². The summed E-state index contributed by atoms with van der Waals surface area (Å²) in [4.78, 5) is 23.4. The molecule has 0 saturated carbocycles. The first kappa shape index (κ1) is 22.4. The van der Waals surface area contributed by atoms with Crippen molar-refractivity contribution >= 4 is 11.9 Å². The standard InChI is InChI=1S/C8H6O4.2C4H11N/c9-7(10)5-1-2-6(4-3-5)8(11)12;2*1-4-5(2)3/h1-4H,(H,9,10)(H,11,12);2*4H2,1-3H3. The van der Waals surface area contributed by atoms with Crippen LogP contribution in [0.25, 0.3) is 0 Å². The van der Waals surface area contributed by atoms with Crippen LogP contribution in [0.15, 0.2) is 24.3 Å². The van der Waals surface area contributed by atoms with Crippen molar-refractivity contribution in [2.75, 3.05) is 41.3 Å². The SMILES string of the molecule is CC[NH+](C)C.CC[NH+](C)C.O=C([O-])c1ccc(C(=O)[O-])cc1. The summed E-state index contributed by atoms with van der Waals surface area (Å²) in [5.74, 6) is -2.67. The monoisotopic (exact) mass is 312 g/mol. The second kappa shape index (κ2) is 12.8. The number of quaternary nitrogens is 2. The van der Waals surface area contributed by atoms with Crippen molar-refractivity contribution in [3.05, 3.63) is 35.4 Å². The second-order valence-electron chi connectivity index (χ2n) is 5.27. The minimum atomic E-state index is -1.33. The molecule has 2 N–H and O–H groups in total. The third kappa shape index (κ3) is 13.1. The highest BCUT2D eigenvalue weighted by Crippen LogP contribution is 2.01. The van der Waals surface area contributed by atoms with Crippen LogP contribution < -0.4 is 20.0 Å². The predicted octanol–water partition coefficient (Wildman–Crippen LogP) is -3.28. The van der Waals surface area contributed by atoms with Gasteiger partial charge in [-0.3, -0.25) is 0 Å². The van der Waals surface area contributed by atoms with E-state index in [4.69, 9.17) is 0 Å². The van der Waals surface area contributed by atoms with E-state index in [1.54, 1.807) is 0 Å². The van der Waals surface area contributed by atoms with Gasteiger partial charge in [-0.15, -0.1) is 0 Å². The maximum absolute atomic E-state index is 10.2. The molecule has 0 atom stereocenters. The van der Waals surface area contributed by atoms with Gasteiger partial charge in [0.1, 0.15) is 0 Å². The lowest BCUT2D eigenvalue weighted by Crippen LogP contribution is -3.05. The minimum absolute atomic E-state index is 0.0556. The molecule has 6 heteroatoms. The Morgan fingerprint density at radius 2 is 0.955 bits per heavy atom. The molecule has 0 aromatic heterocycles. The van der Waals surface area contributed by atoms with Crippen LogP contribution in [0.1, 0.15) is 34.6 Å². The second-order valence-corrected chi connectivity index (χ2v) is 5.27. The molecule has 0 bridgehead atoms. The molecular formula is C16H28N2O4. The lowest BCUT2D eigenvalue weighted by atomic mass is 10.1. The average molecular weight is 312 g/mol. The zero-order chi connectivity index (χ0) is 17.7. The molecule has 1 rings (SSSR count). The number of carbonyl (C=O) groups excluding carboxylic acids is 2. The zero-order valence-corrected chi connectivity index (χ0v) is 14.4. The van der Waals surface area contributed by atoms with Gasteiger partial charge in [-0.2, -0.15) is 0 Å². The van der Waals surface area contributed by atoms with Crippen molar-refractivity contribution in [3.63, 3.8) is 0 Å². The molecule has 22 heavy (non-hydrogen) atoms. The van der Waals surface area contributed by atoms with Gasteiger partial charge in [0, 0.05) is 0 Å². The number of carboxylic acids is 2. The van der Waals surface area contributed by atoms with E-state index in [1.165, 1.54) is 22.9 Å². The van der Waals surface area contributed by atoms with E-state index in [9.17, 15) is 19.8 Å². The number of benzene rings is 1. The highest BCUT2D eigenvalue weighted by molar-refractivity contribution is 5.89. The maximum Gasteiger partial charge on any atom is 0.0738 e. The molecule has 1 aromatic rings. The van der Waals surface area contributed by atoms with Gasteiger partial charge >= 0.3 is 0 Å². The van der Waals surface area contributed by atoms with Gasteiger partial charge in [-0.05, 0) is 25.0 Å². The number of nitrogens with one attached hydrogen (secondary N) is 2. The van der Waals surface area contributed by atoms with E-state index < -0.39 is 11.9 Å². The molecule has 6 nitrogen and oxygen atoms in total. The van der Waals surface area contributed by atoms with Crippen molar-refractivity contribution in [1.29, 1.82) is 0 Å². The van der Waals surface area contributed by atoms with Crippen LogP contribution in [0.4, 0.5) is 0 Å². The predicted molar refractivity (Wildman–Crippen MR) is 81.8 cm³/mol. The molecule has 126 valence electrons. The average Bonchev–Trinajstić information content (AvgIpc) is 2.48. The van der Waals surface area contributed by atoms with E-state index >= 15 is 0 Å². The highest BCUT2D eigenvalue weighted by atomic mass is 16.4. The minimum Gasteiger partial charge on any atom is -0.545 e. The summed E-state index contributed by atoms with van der Waals surface area (Å²) in [5, 5.41) is 20.4. The number of carboxylic acid groups (broad SMARTS) is 2. The first-order valence-electron chi connectivity index (χ1n) is 7.26. The van der Waals surface area contributed by atoms with Crippen LogP contribution in [-0.2, 0) is 0 Å². The Bertz CT molecular complexity index is 387. The summed E-state index contributed by atoms with van der Waals surface area (Å²) in [6.07, 6.45) is 0. The van der Waals surface area contributed by atoms with Crippen molar-refractivity contribution < 1.29 is 29.6 Å². The molecule has 0 heterocycles. The highest BCUT2D eigenvalue weighted by Gasteiger charge is 1.94. The Morgan fingerprint density at radius 1 is 0.773 bits per heavy atom. The molecule has 0 aliphatic rings. The number of hydrogen-bond acceptors (Lipinski definition) is 4. The fraction of sp³-hybridized carbons (Fsp3) is 0.500. The molecule has 0 saturated heterocycles. The molecule has 0 amide bonds. The molecule has 0 aliphatic carbocycles. The van der Waals surface area contributed by atoms with Crippen LogP contribution in [0.3, 0.4) is 0 Å². The smallest absolute Gasteiger partial charge is 0.0738 e. The fourth-order valence-electron chi connectivity index (χ4n) is 0.742. The topological polar surface area (TPSA) is 89.1 Å². The number of carbonyl (C=O) groups is 2. The Labute approximate surface area is 133 Å². The summed E-state index contributed by atoms with van der Waals surface area (Å²) in [6, 6.07) is 4.61. The van der Waals surface area contributed by atoms with Gasteiger partial charge in [0.25, 0.3) is 0 Å². The zero-order valence-electron chi connectivity index (χ0n) is 14.4. The molecule has 0 radical (unpaired) electrons. The van der Waals surface area contributed by atoms with E-state index in [0.717, 1.165) is 24.3 Å². The van der Waals surface area contributed by atoms with Crippen LogP contribution in [0.5, 0.6) is 0 Å². The fourth-order valence-corrected chi connectivity index (χ4v) is 0.742. The van der Waals surface area contributed by atoms with E-state index in [1.807, 2.05) is 0 Å². The van der Waals surface area contributed by atoms with Gasteiger partial charge in [0.2, 0.25) is 0 Å². The van der Waals surface area contributed by atoms with Crippen molar-refractivity contribution in [3.8, 4) is 0 Å². The van der Waals surface area contributed by atoms with Crippen LogP contribution >= 0.6 is 0 Å². The first-order valence-corrected chi connectivity index (χ1v) is 7.26. The quantitative estimate of drug-likeness (QED) is 0.610.